The Hall–Kier alpha value is -2.83. The number of primary amides is 1. The highest BCUT2D eigenvalue weighted by Crippen LogP contribution is 2.13. The van der Waals surface area contributed by atoms with Crippen LogP contribution in [0.5, 0.6) is 0 Å². The largest absolute Gasteiger partial charge is 0.438 e. The molecular formula is C14H16N4O3. The van der Waals surface area contributed by atoms with E-state index in [4.69, 9.17) is 15.9 Å². The second-order valence-corrected chi connectivity index (χ2v) is 4.64. The molecular weight excluding hydrogens is 272 g/mol. The molecule has 0 saturated heterocycles. The number of hydrogen-bond acceptors (Lipinski definition) is 5. The van der Waals surface area contributed by atoms with E-state index in [1.807, 2.05) is 0 Å². The van der Waals surface area contributed by atoms with Gasteiger partial charge in [0.15, 0.2) is 6.39 Å². The average Bonchev–Trinajstić information content (AvgIpc) is 2.85. The summed E-state index contributed by atoms with van der Waals surface area (Å²) in [5.41, 5.74) is 12.7. The van der Waals surface area contributed by atoms with Gasteiger partial charge in [-0.05, 0) is 24.6 Å². The Balaban J connectivity index is 2.22. The van der Waals surface area contributed by atoms with Crippen LogP contribution in [0.1, 0.15) is 21.8 Å². The Morgan fingerprint density at radius 3 is 2.48 bits per heavy atom. The van der Waals surface area contributed by atoms with Gasteiger partial charge in [0.2, 0.25) is 11.7 Å². The van der Waals surface area contributed by atoms with Crippen molar-refractivity contribution < 1.29 is 14.0 Å². The maximum atomic E-state index is 12.4. The Kier molecular flexibility index (Phi) is 4.22. The maximum absolute atomic E-state index is 12.4. The number of nitrogens with zero attached hydrogens (tertiary/aromatic N) is 2. The van der Waals surface area contributed by atoms with Crippen LogP contribution in [0, 0.1) is 6.92 Å². The lowest BCUT2D eigenvalue weighted by atomic mass is 10.2. The molecule has 0 spiro atoms. The van der Waals surface area contributed by atoms with Crippen molar-refractivity contribution in [2.75, 3.05) is 12.3 Å². The lowest BCUT2D eigenvalue weighted by Gasteiger charge is -2.20. The average molecular weight is 288 g/mol. The lowest BCUT2D eigenvalue weighted by Crippen LogP contribution is -2.38. The standard InChI is InChI=1S/C14H16N4O3/c1-9-13(21-8-17-9)14(20)18(7-12(16)19)6-10-2-4-11(15)5-3-10/h2-5,8H,6-7,15H2,1H3,(H2,16,19). The van der Waals surface area contributed by atoms with E-state index in [2.05, 4.69) is 4.98 Å². The number of carbonyl (C=O) groups excluding carboxylic acids is 2. The number of rotatable bonds is 5. The van der Waals surface area contributed by atoms with Gasteiger partial charge >= 0.3 is 0 Å². The van der Waals surface area contributed by atoms with Crippen LogP contribution in [0.4, 0.5) is 5.69 Å². The normalized spacial score (nSPS) is 10.3. The van der Waals surface area contributed by atoms with Crippen LogP contribution in [0.25, 0.3) is 0 Å². The van der Waals surface area contributed by atoms with E-state index in [0.29, 0.717) is 11.4 Å². The number of oxazole rings is 1. The Morgan fingerprint density at radius 2 is 1.95 bits per heavy atom. The SMILES string of the molecule is Cc1ncoc1C(=O)N(CC(N)=O)Cc1ccc(N)cc1. The summed E-state index contributed by atoms with van der Waals surface area (Å²) in [5.74, 6) is -0.928. The second-order valence-electron chi connectivity index (χ2n) is 4.64. The lowest BCUT2D eigenvalue weighted by molar-refractivity contribution is -0.118. The monoisotopic (exact) mass is 288 g/mol. The first-order valence-corrected chi connectivity index (χ1v) is 6.29. The van der Waals surface area contributed by atoms with Gasteiger partial charge in [-0.1, -0.05) is 12.1 Å². The fourth-order valence-corrected chi connectivity index (χ4v) is 1.88. The van der Waals surface area contributed by atoms with E-state index in [1.165, 1.54) is 11.3 Å². The summed E-state index contributed by atoms with van der Waals surface area (Å²) in [7, 11) is 0. The molecule has 0 saturated carbocycles. The number of anilines is 1. The van der Waals surface area contributed by atoms with Crippen LogP contribution in [-0.2, 0) is 11.3 Å². The molecule has 0 fully saturated rings. The van der Waals surface area contributed by atoms with Crippen molar-refractivity contribution >= 4 is 17.5 Å². The smallest absolute Gasteiger partial charge is 0.292 e. The molecule has 0 aliphatic carbocycles. The summed E-state index contributed by atoms with van der Waals surface area (Å²) in [4.78, 5) is 28.7. The molecule has 1 aromatic heterocycles. The summed E-state index contributed by atoms with van der Waals surface area (Å²) in [5, 5.41) is 0. The highest BCUT2D eigenvalue weighted by molar-refractivity contribution is 5.94. The first-order valence-electron chi connectivity index (χ1n) is 6.29. The van der Waals surface area contributed by atoms with Gasteiger partial charge in [-0.25, -0.2) is 4.98 Å². The summed E-state index contributed by atoms with van der Waals surface area (Å²) < 4.78 is 5.07. The van der Waals surface area contributed by atoms with Crippen molar-refractivity contribution in [3.63, 3.8) is 0 Å². The Bertz CT molecular complexity index is 648. The number of hydrogen-bond donors (Lipinski definition) is 2. The van der Waals surface area contributed by atoms with Gasteiger partial charge in [0.1, 0.15) is 6.54 Å². The number of benzene rings is 1. The molecule has 7 nitrogen and oxygen atoms in total. The number of nitrogens with two attached hydrogens (primary N) is 2. The topological polar surface area (TPSA) is 115 Å². The molecule has 21 heavy (non-hydrogen) atoms. The Labute approximate surface area is 121 Å². The quantitative estimate of drug-likeness (QED) is 0.785. The molecule has 1 heterocycles. The van der Waals surface area contributed by atoms with Crippen molar-refractivity contribution in [1.29, 1.82) is 0 Å². The molecule has 110 valence electrons. The van der Waals surface area contributed by atoms with E-state index in [9.17, 15) is 9.59 Å². The van der Waals surface area contributed by atoms with Crippen molar-refractivity contribution in [1.82, 2.24) is 9.88 Å². The number of aromatic nitrogens is 1. The number of carbonyl (C=O) groups is 2. The van der Waals surface area contributed by atoms with Crippen molar-refractivity contribution in [3.8, 4) is 0 Å². The predicted molar refractivity (Wildman–Crippen MR) is 76.0 cm³/mol. The summed E-state index contributed by atoms with van der Waals surface area (Å²) in [6, 6.07) is 7.01. The molecule has 2 rings (SSSR count). The molecule has 0 unspecified atom stereocenters. The summed E-state index contributed by atoms with van der Waals surface area (Å²) in [6.07, 6.45) is 1.19. The maximum Gasteiger partial charge on any atom is 0.292 e. The summed E-state index contributed by atoms with van der Waals surface area (Å²) in [6.45, 7) is 1.67. The predicted octanol–water partition coefficient (Wildman–Crippen LogP) is 0.693. The van der Waals surface area contributed by atoms with Crippen LogP contribution >= 0.6 is 0 Å². The van der Waals surface area contributed by atoms with Gasteiger partial charge in [0.25, 0.3) is 5.91 Å². The molecule has 7 heteroatoms. The molecule has 0 aliphatic rings. The van der Waals surface area contributed by atoms with Crippen LogP contribution < -0.4 is 11.5 Å². The van der Waals surface area contributed by atoms with Gasteiger partial charge in [0, 0.05) is 12.2 Å². The van der Waals surface area contributed by atoms with Crippen molar-refractivity contribution in [3.05, 3.63) is 47.7 Å². The first kappa shape index (κ1) is 14.6. The zero-order valence-electron chi connectivity index (χ0n) is 11.6. The molecule has 4 N–H and O–H groups in total. The van der Waals surface area contributed by atoms with E-state index in [1.54, 1.807) is 31.2 Å². The van der Waals surface area contributed by atoms with E-state index >= 15 is 0 Å². The third kappa shape index (κ3) is 3.59. The zero-order valence-corrected chi connectivity index (χ0v) is 11.6. The van der Waals surface area contributed by atoms with E-state index < -0.39 is 11.8 Å². The number of aryl methyl sites for hydroxylation is 1. The minimum Gasteiger partial charge on any atom is -0.438 e. The van der Waals surface area contributed by atoms with Gasteiger partial charge in [-0.3, -0.25) is 9.59 Å². The highest BCUT2D eigenvalue weighted by atomic mass is 16.3. The summed E-state index contributed by atoms with van der Waals surface area (Å²) >= 11 is 0. The van der Waals surface area contributed by atoms with Crippen LogP contribution in [0.2, 0.25) is 0 Å². The van der Waals surface area contributed by atoms with Crippen LogP contribution in [-0.4, -0.2) is 28.2 Å². The molecule has 0 atom stereocenters. The fourth-order valence-electron chi connectivity index (χ4n) is 1.88. The van der Waals surface area contributed by atoms with Crippen LogP contribution in [0.3, 0.4) is 0 Å². The fraction of sp³-hybridized carbons (Fsp3) is 0.214. The number of amides is 2. The van der Waals surface area contributed by atoms with Crippen molar-refractivity contribution in [2.45, 2.75) is 13.5 Å². The van der Waals surface area contributed by atoms with Gasteiger partial charge in [-0.2, -0.15) is 0 Å². The Morgan fingerprint density at radius 1 is 1.29 bits per heavy atom. The molecule has 0 bridgehead atoms. The molecule has 0 aliphatic heterocycles. The molecule has 0 radical (unpaired) electrons. The van der Waals surface area contributed by atoms with Crippen LogP contribution in [0.15, 0.2) is 35.1 Å². The van der Waals surface area contributed by atoms with Gasteiger partial charge < -0.3 is 20.8 Å². The molecule has 2 aromatic rings. The van der Waals surface area contributed by atoms with E-state index in [0.717, 1.165) is 5.56 Å². The minimum atomic E-state index is -0.601. The van der Waals surface area contributed by atoms with Gasteiger partial charge in [-0.15, -0.1) is 0 Å². The second kappa shape index (κ2) is 6.08. The van der Waals surface area contributed by atoms with Crippen molar-refractivity contribution in [2.24, 2.45) is 5.73 Å². The third-order valence-electron chi connectivity index (χ3n) is 2.93. The third-order valence-corrected chi connectivity index (χ3v) is 2.93. The zero-order chi connectivity index (χ0) is 15.4. The van der Waals surface area contributed by atoms with Gasteiger partial charge in [0.05, 0.1) is 5.69 Å². The molecule has 1 aromatic carbocycles. The highest BCUT2D eigenvalue weighted by Gasteiger charge is 2.23. The minimum absolute atomic E-state index is 0.103. The molecule has 2 amide bonds. The van der Waals surface area contributed by atoms with E-state index in [-0.39, 0.29) is 18.8 Å². The number of nitrogen functional groups attached to an aromatic ring is 1. The first-order chi connectivity index (χ1) is 9.97.